The van der Waals surface area contributed by atoms with Crippen LogP contribution in [0.2, 0.25) is 0 Å². The first-order valence-electron chi connectivity index (χ1n) is 8.92. The molecule has 0 radical (unpaired) electrons. The molecule has 0 bridgehead atoms. The zero-order chi connectivity index (χ0) is 17.9. The first-order chi connectivity index (χ1) is 12.7. The van der Waals surface area contributed by atoms with Crippen LogP contribution in [0.4, 0.5) is 4.39 Å². The van der Waals surface area contributed by atoms with Gasteiger partial charge in [0.1, 0.15) is 11.6 Å². The van der Waals surface area contributed by atoms with Gasteiger partial charge in [-0.2, -0.15) is 0 Å². The minimum atomic E-state index is -0.197. The monoisotopic (exact) mass is 351 g/mol. The highest BCUT2D eigenvalue weighted by Crippen LogP contribution is 2.27. The summed E-state index contributed by atoms with van der Waals surface area (Å²) in [7, 11) is 0. The van der Waals surface area contributed by atoms with Gasteiger partial charge in [-0.25, -0.2) is 9.37 Å². The molecule has 134 valence electrons. The van der Waals surface area contributed by atoms with Crippen LogP contribution in [-0.2, 0) is 6.54 Å². The van der Waals surface area contributed by atoms with E-state index in [2.05, 4.69) is 10.2 Å². The molecule has 1 aliphatic rings. The molecule has 2 aromatic carbocycles. The Balaban J connectivity index is 1.58. The van der Waals surface area contributed by atoms with Crippen LogP contribution in [0, 0.1) is 12.7 Å². The van der Waals surface area contributed by atoms with Crippen molar-refractivity contribution in [3.63, 3.8) is 0 Å². The zero-order valence-corrected chi connectivity index (χ0v) is 14.8. The maximum absolute atomic E-state index is 13.7. The number of hydrogen-bond acceptors (Lipinski definition) is 4. The molecule has 26 heavy (non-hydrogen) atoms. The number of hydrogen-bond donors (Lipinski definition) is 1. The maximum Gasteiger partial charge on any atom is 0.226 e. The highest BCUT2D eigenvalue weighted by atomic mass is 19.1. The number of benzene rings is 2. The lowest BCUT2D eigenvalue weighted by Crippen LogP contribution is -2.45. The molecule has 4 nitrogen and oxygen atoms in total. The molecule has 0 amide bonds. The minimum absolute atomic E-state index is 0.121. The Hall–Kier alpha value is -2.50. The number of aromatic nitrogens is 1. The smallest absolute Gasteiger partial charge is 0.226 e. The average molecular weight is 351 g/mol. The van der Waals surface area contributed by atoms with Crippen LogP contribution in [0.3, 0.4) is 0 Å². The normalized spacial score (nSPS) is 18.2. The molecule has 1 unspecified atom stereocenters. The number of oxazole rings is 1. The first-order valence-corrected chi connectivity index (χ1v) is 8.92. The SMILES string of the molecule is Cc1oc(-c2ccccc2)nc1CN1CCNCC1c1cccc(F)c1. The van der Waals surface area contributed by atoms with Crippen LogP contribution >= 0.6 is 0 Å². The lowest BCUT2D eigenvalue weighted by molar-refractivity contribution is 0.151. The Bertz CT molecular complexity index is 878. The fraction of sp³-hybridized carbons (Fsp3) is 0.286. The van der Waals surface area contributed by atoms with Crippen molar-refractivity contribution in [3.8, 4) is 11.5 Å². The van der Waals surface area contributed by atoms with Gasteiger partial charge in [0.2, 0.25) is 5.89 Å². The predicted molar refractivity (Wildman–Crippen MR) is 99.1 cm³/mol. The third-order valence-electron chi connectivity index (χ3n) is 4.85. The molecule has 1 N–H and O–H groups in total. The summed E-state index contributed by atoms with van der Waals surface area (Å²) in [5.41, 5.74) is 2.90. The van der Waals surface area contributed by atoms with Crippen molar-refractivity contribution in [1.82, 2.24) is 15.2 Å². The lowest BCUT2D eigenvalue weighted by atomic mass is 10.0. The number of rotatable bonds is 4. The molecule has 0 saturated carbocycles. The van der Waals surface area contributed by atoms with Gasteiger partial charge in [-0.1, -0.05) is 30.3 Å². The maximum atomic E-state index is 13.7. The van der Waals surface area contributed by atoms with E-state index >= 15 is 0 Å². The molecule has 0 spiro atoms. The van der Waals surface area contributed by atoms with E-state index in [4.69, 9.17) is 9.40 Å². The van der Waals surface area contributed by atoms with E-state index in [-0.39, 0.29) is 11.9 Å². The van der Waals surface area contributed by atoms with E-state index < -0.39 is 0 Å². The van der Waals surface area contributed by atoms with Crippen molar-refractivity contribution in [2.45, 2.75) is 19.5 Å². The van der Waals surface area contributed by atoms with Gasteiger partial charge in [0.25, 0.3) is 0 Å². The molecule has 1 fully saturated rings. The summed E-state index contributed by atoms with van der Waals surface area (Å²) in [5, 5.41) is 3.41. The van der Waals surface area contributed by atoms with Crippen molar-refractivity contribution in [1.29, 1.82) is 0 Å². The van der Waals surface area contributed by atoms with Gasteiger partial charge >= 0.3 is 0 Å². The lowest BCUT2D eigenvalue weighted by Gasteiger charge is -2.36. The number of aryl methyl sites for hydroxylation is 1. The molecule has 0 aliphatic carbocycles. The topological polar surface area (TPSA) is 41.3 Å². The molecular formula is C21H22FN3O. The second-order valence-electron chi connectivity index (χ2n) is 6.63. The van der Waals surface area contributed by atoms with Gasteiger partial charge in [0.15, 0.2) is 0 Å². The van der Waals surface area contributed by atoms with Crippen LogP contribution in [0.15, 0.2) is 59.0 Å². The van der Waals surface area contributed by atoms with Gasteiger partial charge in [0.05, 0.1) is 5.69 Å². The van der Waals surface area contributed by atoms with Crippen LogP contribution in [0.25, 0.3) is 11.5 Å². The molecule has 1 aromatic heterocycles. The van der Waals surface area contributed by atoms with E-state index in [1.165, 1.54) is 6.07 Å². The van der Waals surface area contributed by atoms with E-state index in [9.17, 15) is 4.39 Å². The standard InChI is InChI=1S/C21H22FN3O/c1-15-19(24-21(26-15)16-6-3-2-4-7-16)14-25-11-10-23-13-20(25)17-8-5-9-18(22)12-17/h2-9,12,20,23H,10-11,13-14H2,1H3. The molecule has 3 aromatic rings. The highest BCUT2D eigenvalue weighted by Gasteiger charge is 2.26. The molecule has 1 aliphatic heterocycles. The predicted octanol–water partition coefficient (Wildman–Crippen LogP) is 3.94. The third kappa shape index (κ3) is 3.54. The van der Waals surface area contributed by atoms with E-state index in [1.54, 1.807) is 12.1 Å². The van der Waals surface area contributed by atoms with Gasteiger partial charge in [0, 0.05) is 37.8 Å². The van der Waals surface area contributed by atoms with Crippen LogP contribution in [0.5, 0.6) is 0 Å². The number of halogens is 1. The second kappa shape index (κ2) is 7.40. The number of nitrogens with zero attached hydrogens (tertiary/aromatic N) is 2. The number of nitrogens with one attached hydrogen (secondary N) is 1. The van der Waals surface area contributed by atoms with Crippen molar-refractivity contribution in [2.24, 2.45) is 0 Å². The van der Waals surface area contributed by atoms with Crippen molar-refractivity contribution in [2.75, 3.05) is 19.6 Å². The molecule has 1 saturated heterocycles. The van der Waals surface area contributed by atoms with Gasteiger partial charge < -0.3 is 9.73 Å². The summed E-state index contributed by atoms with van der Waals surface area (Å²) in [6, 6.07) is 16.9. The average Bonchev–Trinajstić information content (AvgIpc) is 3.03. The quantitative estimate of drug-likeness (QED) is 0.773. The summed E-state index contributed by atoms with van der Waals surface area (Å²) in [6.07, 6.45) is 0. The van der Waals surface area contributed by atoms with Gasteiger partial charge in [-0.15, -0.1) is 0 Å². The summed E-state index contributed by atoms with van der Waals surface area (Å²) < 4.78 is 19.6. The highest BCUT2D eigenvalue weighted by molar-refractivity contribution is 5.53. The Morgan fingerprint density at radius 2 is 2.04 bits per heavy atom. The molecular weight excluding hydrogens is 329 g/mol. The second-order valence-corrected chi connectivity index (χ2v) is 6.63. The Morgan fingerprint density at radius 3 is 2.85 bits per heavy atom. The van der Waals surface area contributed by atoms with E-state index in [0.29, 0.717) is 12.4 Å². The van der Waals surface area contributed by atoms with Crippen molar-refractivity contribution < 1.29 is 8.81 Å². The first kappa shape index (κ1) is 16.9. The number of piperazine rings is 1. The van der Waals surface area contributed by atoms with Gasteiger partial charge in [-0.3, -0.25) is 4.90 Å². The van der Waals surface area contributed by atoms with Crippen LogP contribution in [0.1, 0.15) is 23.1 Å². The molecule has 4 rings (SSSR count). The summed E-state index contributed by atoms with van der Waals surface area (Å²) in [5.74, 6) is 1.29. The van der Waals surface area contributed by atoms with Crippen molar-refractivity contribution in [3.05, 3.63) is 77.4 Å². The van der Waals surface area contributed by atoms with Crippen LogP contribution in [-0.4, -0.2) is 29.5 Å². The zero-order valence-electron chi connectivity index (χ0n) is 14.8. The summed E-state index contributed by atoms with van der Waals surface area (Å²) >= 11 is 0. The van der Waals surface area contributed by atoms with E-state index in [0.717, 1.165) is 42.2 Å². The minimum Gasteiger partial charge on any atom is -0.441 e. The molecule has 2 heterocycles. The van der Waals surface area contributed by atoms with E-state index in [1.807, 2.05) is 43.3 Å². The fourth-order valence-electron chi connectivity index (χ4n) is 3.45. The third-order valence-corrected chi connectivity index (χ3v) is 4.85. The Morgan fingerprint density at radius 1 is 1.19 bits per heavy atom. The summed E-state index contributed by atoms with van der Waals surface area (Å²) in [6.45, 7) is 5.23. The van der Waals surface area contributed by atoms with Crippen molar-refractivity contribution >= 4 is 0 Å². The Labute approximate surface area is 152 Å². The Kier molecular flexibility index (Phi) is 4.82. The molecule has 5 heteroatoms. The van der Waals surface area contributed by atoms with Gasteiger partial charge in [-0.05, 0) is 36.8 Å². The molecule has 1 atom stereocenters. The largest absolute Gasteiger partial charge is 0.441 e. The fourth-order valence-corrected chi connectivity index (χ4v) is 3.45. The van der Waals surface area contributed by atoms with Crippen LogP contribution < -0.4 is 5.32 Å². The summed E-state index contributed by atoms with van der Waals surface area (Å²) in [4.78, 5) is 7.06.